The zero-order valence-corrected chi connectivity index (χ0v) is 18.6. The molecule has 2 saturated heterocycles. The average molecular weight is 436 g/mol. The van der Waals surface area contributed by atoms with Gasteiger partial charge in [-0.05, 0) is 37.8 Å². The fraction of sp³-hybridized carbons (Fsp3) is 0.636. The van der Waals surface area contributed by atoms with E-state index in [-0.39, 0.29) is 17.9 Å². The van der Waals surface area contributed by atoms with Crippen molar-refractivity contribution in [1.82, 2.24) is 10.2 Å². The quantitative estimate of drug-likeness (QED) is 0.650. The van der Waals surface area contributed by atoms with Crippen molar-refractivity contribution in [2.75, 3.05) is 59.6 Å². The number of amides is 3. The Kier molecular flexibility index (Phi) is 7.97. The lowest BCUT2D eigenvalue weighted by molar-refractivity contribution is -0.130. The first-order valence-electron chi connectivity index (χ1n) is 10.7. The van der Waals surface area contributed by atoms with Crippen LogP contribution < -0.4 is 20.1 Å². The summed E-state index contributed by atoms with van der Waals surface area (Å²) in [5.41, 5.74) is 0.128. The second-order valence-corrected chi connectivity index (χ2v) is 8.07. The number of nitrogens with one attached hydrogen (secondary N) is 2. The van der Waals surface area contributed by atoms with E-state index < -0.39 is 5.54 Å². The minimum Gasteiger partial charge on any atom is -0.493 e. The van der Waals surface area contributed by atoms with E-state index in [1.54, 1.807) is 44.4 Å². The van der Waals surface area contributed by atoms with Crippen molar-refractivity contribution in [3.05, 3.63) is 18.2 Å². The number of nitrogens with zero attached hydrogens (tertiary/aromatic N) is 1. The van der Waals surface area contributed by atoms with Crippen molar-refractivity contribution < 1.29 is 28.5 Å². The summed E-state index contributed by atoms with van der Waals surface area (Å²) in [5, 5.41) is 6.16. The van der Waals surface area contributed by atoms with Crippen LogP contribution in [-0.4, -0.2) is 76.6 Å². The second kappa shape index (κ2) is 10.7. The number of benzene rings is 1. The molecule has 172 valence electrons. The first kappa shape index (κ1) is 23.1. The largest absolute Gasteiger partial charge is 0.493 e. The maximum absolute atomic E-state index is 12.9. The Hall–Kier alpha value is -2.52. The van der Waals surface area contributed by atoms with Gasteiger partial charge in [0.25, 0.3) is 0 Å². The number of carbonyl (C=O) groups is 2. The van der Waals surface area contributed by atoms with Gasteiger partial charge < -0.3 is 34.5 Å². The van der Waals surface area contributed by atoms with Crippen molar-refractivity contribution in [3.63, 3.8) is 0 Å². The van der Waals surface area contributed by atoms with E-state index in [9.17, 15) is 9.59 Å². The van der Waals surface area contributed by atoms with Crippen LogP contribution in [0, 0.1) is 5.92 Å². The maximum atomic E-state index is 12.9. The molecular weight excluding hydrogens is 402 g/mol. The molecule has 9 nitrogen and oxygen atoms in total. The highest BCUT2D eigenvalue weighted by Crippen LogP contribution is 2.31. The zero-order chi connectivity index (χ0) is 22.3. The molecule has 9 heteroatoms. The van der Waals surface area contributed by atoms with Crippen LogP contribution in [0.3, 0.4) is 0 Å². The summed E-state index contributed by atoms with van der Waals surface area (Å²) in [6.07, 6.45) is 2.80. The smallest absolute Gasteiger partial charge is 0.321 e. The lowest BCUT2D eigenvalue weighted by atomic mass is 9.91. The van der Waals surface area contributed by atoms with Crippen LogP contribution in [0.25, 0.3) is 0 Å². The summed E-state index contributed by atoms with van der Waals surface area (Å²) in [5.74, 6) is 1.14. The van der Waals surface area contributed by atoms with Gasteiger partial charge in [0.2, 0.25) is 5.91 Å². The summed E-state index contributed by atoms with van der Waals surface area (Å²) in [6.45, 7) is 2.73. The molecule has 1 aromatic carbocycles. The Morgan fingerprint density at radius 1 is 1.16 bits per heavy atom. The zero-order valence-electron chi connectivity index (χ0n) is 18.6. The highest BCUT2D eigenvalue weighted by molar-refractivity contribution is 5.90. The third-order valence-electron chi connectivity index (χ3n) is 6.04. The predicted octanol–water partition coefficient (Wildman–Crippen LogP) is 2.26. The molecule has 31 heavy (non-hydrogen) atoms. The maximum Gasteiger partial charge on any atom is 0.321 e. The second-order valence-electron chi connectivity index (χ2n) is 8.07. The number of methoxy groups -OCH3 is 3. The van der Waals surface area contributed by atoms with Crippen LogP contribution in [0.2, 0.25) is 0 Å². The van der Waals surface area contributed by atoms with Gasteiger partial charge >= 0.3 is 6.03 Å². The molecule has 0 radical (unpaired) electrons. The molecule has 0 aliphatic carbocycles. The Morgan fingerprint density at radius 2 is 1.90 bits per heavy atom. The number of hydrogen-bond donors (Lipinski definition) is 2. The molecule has 1 aromatic rings. The fourth-order valence-electron chi connectivity index (χ4n) is 4.15. The van der Waals surface area contributed by atoms with Crippen molar-refractivity contribution in [2.24, 2.45) is 5.92 Å². The summed E-state index contributed by atoms with van der Waals surface area (Å²) in [4.78, 5) is 27.5. The van der Waals surface area contributed by atoms with Gasteiger partial charge in [0, 0.05) is 57.7 Å². The van der Waals surface area contributed by atoms with Crippen LogP contribution in [-0.2, 0) is 14.3 Å². The summed E-state index contributed by atoms with van der Waals surface area (Å²) < 4.78 is 21.2. The van der Waals surface area contributed by atoms with Gasteiger partial charge in [0.1, 0.15) is 0 Å². The molecule has 0 bridgehead atoms. The molecule has 0 aromatic heterocycles. The molecule has 2 aliphatic rings. The molecule has 2 heterocycles. The Bertz CT molecular complexity index is 768. The van der Waals surface area contributed by atoms with Gasteiger partial charge in [-0.1, -0.05) is 0 Å². The first-order chi connectivity index (χ1) is 15.0. The van der Waals surface area contributed by atoms with Crippen molar-refractivity contribution in [1.29, 1.82) is 0 Å². The van der Waals surface area contributed by atoms with Gasteiger partial charge in [0.05, 0.1) is 19.8 Å². The number of anilines is 1. The fourth-order valence-corrected chi connectivity index (χ4v) is 4.15. The summed E-state index contributed by atoms with van der Waals surface area (Å²) >= 11 is 0. The molecule has 2 N–H and O–H groups in total. The molecule has 2 fully saturated rings. The number of urea groups is 1. The lowest BCUT2D eigenvalue weighted by Crippen LogP contribution is -2.54. The van der Waals surface area contributed by atoms with Crippen LogP contribution in [0.15, 0.2) is 18.2 Å². The third kappa shape index (κ3) is 5.80. The topological polar surface area (TPSA) is 98.4 Å². The molecular formula is C22H33N3O6. The highest BCUT2D eigenvalue weighted by atomic mass is 16.5. The van der Waals surface area contributed by atoms with Gasteiger partial charge in [-0.25, -0.2) is 4.79 Å². The Morgan fingerprint density at radius 3 is 2.58 bits per heavy atom. The standard InChI is InChI=1S/C22H33N3O6/c1-28-13-9-22(24-20(26)16-6-11-31-12-7-16)8-10-25(15-22)21(27)23-17-4-5-18(29-2)19(14-17)30-3/h4-5,14,16H,6-13,15H2,1-3H3,(H,23,27)(H,24,26). The van der Waals surface area contributed by atoms with Crippen LogP contribution >= 0.6 is 0 Å². The number of ether oxygens (including phenoxy) is 4. The van der Waals surface area contributed by atoms with E-state index in [0.29, 0.717) is 62.9 Å². The Labute approximate surface area is 183 Å². The Balaban J connectivity index is 1.64. The van der Waals surface area contributed by atoms with Crippen LogP contribution in [0.1, 0.15) is 25.7 Å². The van der Waals surface area contributed by atoms with Gasteiger partial charge in [-0.3, -0.25) is 4.79 Å². The highest BCUT2D eigenvalue weighted by Gasteiger charge is 2.42. The molecule has 0 spiro atoms. The molecule has 2 aliphatic heterocycles. The van der Waals surface area contributed by atoms with E-state index >= 15 is 0 Å². The van der Waals surface area contributed by atoms with E-state index in [1.807, 2.05) is 0 Å². The molecule has 0 saturated carbocycles. The molecule has 3 amide bonds. The minimum absolute atomic E-state index is 0.0391. The number of hydrogen-bond acceptors (Lipinski definition) is 6. The molecule has 1 unspecified atom stereocenters. The monoisotopic (exact) mass is 435 g/mol. The first-order valence-corrected chi connectivity index (χ1v) is 10.7. The van der Waals surface area contributed by atoms with Crippen molar-refractivity contribution in [2.45, 2.75) is 31.2 Å². The lowest BCUT2D eigenvalue weighted by Gasteiger charge is -2.33. The number of likely N-dealkylation sites (tertiary alicyclic amines) is 1. The number of rotatable bonds is 8. The summed E-state index contributed by atoms with van der Waals surface area (Å²) in [6, 6.07) is 5.01. The van der Waals surface area contributed by atoms with Crippen molar-refractivity contribution >= 4 is 17.6 Å². The van der Waals surface area contributed by atoms with E-state index in [0.717, 1.165) is 12.8 Å². The van der Waals surface area contributed by atoms with Crippen molar-refractivity contribution in [3.8, 4) is 11.5 Å². The molecule has 1 atom stereocenters. The van der Waals surface area contributed by atoms with Gasteiger partial charge in [-0.2, -0.15) is 0 Å². The third-order valence-corrected chi connectivity index (χ3v) is 6.04. The van der Waals surface area contributed by atoms with E-state index in [2.05, 4.69) is 10.6 Å². The number of carbonyl (C=O) groups excluding carboxylic acids is 2. The normalized spacial score (nSPS) is 21.6. The van der Waals surface area contributed by atoms with Gasteiger partial charge in [-0.15, -0.1) is 0 Å². The molecule has 3 rings (SSSR count). The summed E-state index contributed by atoms with van der Waals surface area (Å²) in [7, 11) is 4.76. The average Bonchev–Trinajstić information content (AvgIpc) is 3.22. The SMILES string of the molecule is COCCC1(NC(=O)C2CCOCC2)CCN(C(=O)Nc2ccc(OC)c(OC)c2)C1. The minimum atomic E-state index is -0.486. The predicted molar refractivity (Wildman–Crippen MR) is 116 cm³/mol. The van der Waals surface area contributed by atoms with Crippen LogP contribution in [0.5, 0.6) is 11.5 Å². The van der Waals surface area contributed by atoms with E-state index in [1.165, 1.54) is 0 Å². The van der Waals surface area contributed by atoms with Gasteiger partial charge in [0.15, 0.2) is 11.5 Å². The van der Waals surface area contributed by atoms with Crippen LogP contribution in [0.4, 0.5) is 10.5 Å². The van der Waals surface area contributed by atoms with E-state index in [4.69, 9.17) is 18.9 Å².